The van der Waals surface area contributed by atoms with Crippen molar-refractivity contribution in [3.63, 3.8) is 0 Å². The number of thioether (sulfide) groups is 1. The van der Waals surface area contributed by atoms with Gasteiger partial charge >= 0.3 is 0 Å². The Hall–Kier alpha value is -1.53. The van der Waals surface area contributed by atoms with Crippen LogP contribution < -0.4 is 4.74 Å². The summed E-state index contributed by atoms with van der Waals surface area (Å²) in [5.41, 5.74) is 2.77. The molecule has 0 aliphatic carbocycles. The summed E-state index contributed by atoms with van der Waals surface area (Å²) in [6.45, 7) is 0. The summed E-state index contributed by atoms with van der Waals surface area (Å²) in [5.74, 6) is 0.772. The van der Waals surface area contributed by atoms with Gasteiger partial charge in [0.25, 0.3) is 0 Å². The van der Waals surface area contributed by atoms with Crippen molar-refractivity contribution in [2.24, 2.45) is 0 Å². The first-order chi connectivity index (χ1) is 9.74. The first-order valence-corrected chi connectivity index (χ1v) is 7.98. The molecule has 102 valence electrons. The zero-order chi connectivity index (χ0) is 14.1. The molecule has 6 heteroatoms. The van der Waals surface area contributed by atoms with E-state index >= 15 is 0 Å². The Morgan fingerprint density at radius 3 is 2.85 bits per heavy atom. The van der Waals surface area contributed by atoms with E-state index in [0.717, 1.165) is 32.2 Å². The number of ether oxygens (including phenoxy) is 1. The average Bonchev–Trinajstić information content (AvgIpc) is 2.96. The lowest BCUT2D eigenvalue weighted by Gasteiger charge is -2.10. The minimum absolute atomic E-state index is 0.772. The SMILES string of the molecule is COc1cc(Br)ccc1-c1nnc(SC)n2cccc12. The number of benzene rings is 1. The van der Waals surface area contributed by atoms with Gasteiger partial charge in [-0.05, 0) is 36.6 Å². The second-order valence-electron chi connectivity index (χ2n) is 4.14. The molecule has 0 radical (unpaired) electrons. The maximum atomic E-state index is 5.45. The molecule has 0 aliphatic heterocycles. The molecule has 0 saturated carbocycles. The normalized spacial score (nSPS) is 10.9. The van der Waals surface area contributed by atoms with Crippen LogP contribution in [-0.4, -0.2) is 28.0 Å². The highest BCUT2D eigenvalue weighted by Crippen LogP contribution is 2.34. The fourth-order valence-corrected chi connectivity index (χ4v) is 2.94. The van der Waals surface area contributed by atoms with Crippen molar-refractivity contribution in [2.45, 2.75) is 5.16 Å². The third-order valence-electron chi connectivity index (χ3n) is 3.03. The maximum Gasteiger partial charge on any atom is 0.194 e. The zero-order valence-corrected chi connectivity index (χ0v) is 13.4. The number of nitrogens with zero attached hydrogens (tertiary/aromatic N) is 3. The van der Waals surface area contributed by atoms with Crippen molar-refractivity contribution in [2.75, 3.05) is 13.4 Å². The van der Waals surface area contributed by atoms with Gasteiger partial charge in [-0.2, -0.15) is 0 Å². The molecule has 2 heterocycles. The van der Waals surface area contributed by atoms with Crippen molar-refractivity contribution in [1.29, 1.82) is 0 Å². The summed E-state index contributed by atoms with van der Waals surface area (Å²) < 4.78 is 8.46. The van der Waals surface area contributed by atoms with Crippen molar-refractivity contribution >= 4 is 33.2 Å². The van der Waals surface area contributed by atoms with Gasteiger partial charge in [0, 0.05) is 16.2 Å². The van der Waals surface area contributed by atoms with Crippen molar-refractivity contribution in [3.05, 3.63) is 41.0 Å². The lowest BCUT2D eigenvalue weighted by molar-refractivity contribution is 0.416. The van der Waals surface area contributed by atoms with Crippen molar-refractivity contribution in [3.8, 4) is 17.0 Å². The zero-order valence-electron chi connectivity index (χ0n) is 11.0. The van der Waals surface area contributed by atoms with Gasteiger partial charge < -0.3 is 4.74 Å². The topological polar surface area (TPSA) is 39.4 Å². The molecular weight excluding hydrogens is 338 g/mol. The van der Waals surface area contributed by atoms with Crippen LogP contribution in [0.1, 0.15) is 0 Å². The lowest BCUT2D eigenvalue weighted by atomic mass is 10.1. The minimum Gasteiger partial charge on any atom is -0.496 e. The van der Waals surface area contributed by atoms with Gasteiger partial charge in [0.1, 0.15) is 11.4 Å². The van der Waals surface area contributed by atoms with E-state index in [1.165, 1.54) is 0 Å². The highest BCUT2D eigenvalue weighted by atomic mass is 79.9. The van der Waals surface area contributed by atoms with Gasteiger partial charge in [0.05, 0.1) is 12.6 Å². The fraction of sp³-hybridized carbons (Fsp3) is 0.143. The third kappa shape index (κ3) is 2.19. The van der Waals surface area contributed by atoms with Gasteiger partial charge in [-0.3, -0.25) is 4.40 Å². The Labute approximate surface area is 129 Å². The summed E-state index contributed by atoms with van der Waals surface area (Å²) in [7, 11) is 1.66. The second kappa shape index (κ2) is 5.46. The Kier molecular flexibility index (Phi) is 3.67. The van der Waals surface area contributed by atoms with Crippen molar-refractivity contribution in [1.82, 2.24) is 14.6 Å². The summed E-state index contributed by atoms with van der Waals surface area (Å²) in [5, 5.41) is 9.52. The maximum absolute atomic E-state index is 5.45. The minimum atomic E-state index is 0.772. The average molecular weight is 350 g/mol. The molecule has 4 nitrogen and oxygen atoms in total. The van der Waals surface area contributed by atoms with E-state index in [4.69, 9.17) is 4.74 Å². The number of aromatic nitrogens is 3. The van der Waals surface area contributed by atoms with E-state index in [9.17, 15) is 0 Å². The van der Waals surface area contributed by atoms with Crippen LogP contribution in [-0.2, 0) is 0 Å². The standard InChI is InChI=1S/C14H12BrN3OS/c1-19-12-8-9(15)5-6-10(12)13-11-4-3-7-18(11)14(20-2)17-16-13/h3-8H,1-2H3. The van der Waals surface area contributed by atoms with Crippen LogP contribution in [0.2, 0.25) is 0 Å². The molecule has 0 aliphatic rings. The van der Waals surface area contributed by atoms with E-state index in [2.05, 4.69) is 26.1 Å². The fourth-order valence-electron chi connectivity index (χ4n) is 2.12. The monoisotopic (exact) mass is 349 g/mol. The van der Waals surface area contributed by atoms with Gasteiger partial charge in [-0.25, -0.2) is 0 Å². The van der Waals surface area contributed by atoms with E-state index in [1.807, 2.05) is 47.2 Å². The molecule has 3 aromatic rings. The van der Waals surface area contributed by atoms with Crippen LogP contribution in [0.3, 0.4) is 0 Å². The third-order valence-corrected chi connectivity index (χ3v) is 4.17. The van der Waals surface area contributed by atoms with E-state index in [0.29, 0.717) is 0 Å². The summed E-state index contributed by atoms with van der Waals surface area (Å²) in [4.78, 5) is 0. The van der Waals surface area contributed by atoms with Gasteiger partial charge in [0.2, 0.25) is 0 Å². The molecule has 0 fully saturated rings. The molecule has 0 bridgehead atoms. The van der Waals surface area contributed by atoms with Gasteiger partial charge in [-0.15, -0.1) is 10.2 Å². The molecule has 2 aromatic heterocycles. The number of rotatable bonds is 3. The molecule has 1 aromatic carbocycles. The molecule has 0 N–H and O–H groups in total. The van der Waals surface area contributed by atoms with E-state index in [1.54, 1.807) is 18.9 Å². The smallest absolute Gasteiger partial charge is 0.194 e. The number of hydrogen-bond acceptors (Lipinski definition) is 4. The summed E-state index contributed by atoms with van der Waals surface area (Å²) in [6.07, 6.45) is 3.98. The van der Waals surface area contributed by atoms with Crippen LogP contribution in [0, 0.1) is 0 Å². The quantitative estimate of drug-likeness (QED) is 0.672. The number of hydrogen-bond donors (Lipinski definition) is 0. The molecule has 0 amide bonds. The summed E-state index contributed by atoms with van der Waals surface area (Å²) in [6, 6.07) is 9.91. The molecule has 20 heavy (non-hydrogen) atoms. The van der Waals surface area contributed by atoms with E-state index < -0.39 is 0 Å². The van der Waals surface area contributed by atoms with Gasteiger partial charge in [0.15, 0.2) is 5.16 Å². The highest BCUT2D eigenvalue weighted by Gasteiger charge is 2.14. The lowest BCUT2D eigenvalue weighted by Crippen LogP contribution is -2.00. The van der Waals surface area contributed by atoms with Gasteiger partial charge in [-0.1, -0.05) is 27.7 Å². The molecule has 3 rings (SSSR count). The Morgan fingerprint density at radius 1 is 1.25 bits per heavy atom. The molecule has 0 unspecified atom stereocenters. The molecular formula is C14H12BrN3OS. The predicted octanol–water partition coefficient (Wildman–Crippen LogP) is 3.89. The number of methoxy groups -OCH3 is 1. The molecule has 0 saturated heterocycles. The Morgan fingerprint density at radius 2 is 2.10 bits per heavy atom. The van der Waals surface area contributed by atoms with E-state index in [-0.39, 0.29) is 0 Å². The van der Waals surface area contributed by atoms with Crippen LogP contribution in [0.4, 0.5) is 0 Å². The van der Waals surface area contributed by atoms with Crippen LogP contribution >= 0.6 is 27.7 Å². The van der Waals surface area contributed by atoms with Crippen LogP contribution in [0.5, 0.6) is 5.75 Å². The first kappa shape index (κ1) is 13.5. The largest absolute Gasteiger partial charge is 0.496 e. The first-order valence-electron chi connectivity index (χ1n) is 5.96. The van der Waals surface area contributed by atoms with Crippen LogP contribution in [0.25, 0.3) is 16.8 Å². The summed E-state index contributed by atoms with van der Waals surface area (Å²) >= 11 is 5.02. The predicted molar refractivity (Wildman–Crippen MR) is 84.5 cm³/mol. The molecule has 0 atom stereocenters. The van der Waals surface area contributed by atoms with Crippen LogP contribution in [0.15, 0.2) is 46.2 Å². The van der Waals surface area contributed by atoms with Crippen molar-refractivity contribution < 1.29 is 4.74 Å². The molecule has 0 spiro atoms. The highest BCUT2D eigenvalue weighted by molar-refractivity contribution is 9.10. The number of halogens is 1. The second-order valence-corrected chi connectivity index (χ2v) is 5.83. The number of fused-ring (bicyclic) bond motifs is 1. The Balaban J connectivity index is 2.28. The Bertz CT molecular complexity index is 772.